The number of aromatic nitrogens is 3. The van der Waals surface area contributed by atoms with Crippen LogP contribution in [0.25, 0.3) is 22.2 Å². The van der Waals surface area contributed by atoms with Gasteiger partial charge in [-0.05, 0) is 49.5 Å². The number of anilines is 3. The van der Waals surface area contributed by atoms with E-state index in [1.807, 2.05) is 12.1 Å². The topological polar surface area (TPSA) is 130 Å². The van der Waals surface area contributed by atoms with Crippen molar-refractivity contribution in [2.24, 2.45) is 0 Å². The highest BCUT2D eigenvalue weighted by molar-refractivity contribution is 6.09. The lowest BCUT2D eigenvalue weighted by molar-refractivity contribution is 0.102. The zero-order chi connectivity index (χ0) is 26.3. The number of nitrogens with two attached hydrogens (primary N) is 1. The van der Waals surface area contributed by atoms with Gasteiger partial charge in [0.15, 0.2) is 5.82 Å². The van der Waals surface area contributed by atoms with Gasteiger partial charge in [0.1, 0.15) is 17.2 Å². The molecule has 12 heteroatoms. The van der Waals surface area contributed by atoms with Gasteiger partial charge in [-0.3, -0.25) is 9.78 Å². The van der Waals surface area contributed by atoms with E-state index in [2.05, 4.69) is 32.2 Å². The van der Waals surface area contributed by atoms with E-state index in [0.717, 1.165) is 50.2 Å². The Hall–Kier alpha value is -4.58. The first-order chi connectivity index (χ1) is 17.7. The fourth-order valence-corrected chi connectivity index (χ4v) is 4.29. The number of nitrogens with one attached hydrogen (secondary N) is 1. The van der Waals surface area contributed by atoms with Crippen molar-refractivity contribution in [2.45, 2.75) is 0 Å². The van der Waals surface area contributed by atoms with Gasteiger partial charge >= 0.3 is 6.09 Å². The second kappa shape index (κ2) is 9.47. The molecule has 4 N–H and O–H groups in total. The Kier molecular flexibility index (Phi) is 6.17. The number of rotatable bonds is 4. The third-order valence-corrected chi connectivity index (χ3v) is 6.30. The fraction of sp³-hybridized carbons (Fsp3) is 0.200. The van der Waals surface area contributed by atoms with Gasteiger partial charge in [0.25, 0.3) is 5.91 Å². The quantitative estimate of drug-likeness (QED) is 0.358. The van der Waals surface area contributed by atoms with Gasteiger partial charge in [0.05, 0.1) is 17.5 Å². The van der Waals surface area contributed by atoms with Gasteiger partial charge in [-0.1, -0.05) is 0 Å². The van der Waals surface area contributed by atoms with Crippen LogP contribution in [0.1, 0.15) is 10.4 Å². The summed E-state index contributed by atoms with van der Waals surface area (Å²) in [6, 6.07) is 10.2. The van der Waals surface area contributed by atoms with E-state index in [9.17, 15) is 23.5 Å². The van der Waals surface area contributed by atoms with Crippen LogP contribution < -0.4 is 16.0 Å². The predicted octanol–water partition coefficient (Wildman–Crippen LogP) is 3.49. The maximum atomic E-state index is 14.5. The van der Waals surface area contributed by atoms with Crippen LogP contribution in [0.15, 0.2) is 48.7 Å². The number of halogens is 2. The van der Waals surface area contributed by atoms with Crippen LogP contribution in [-0.2, 0) is 0 Å². The smallest absolute Gasteiger partial charge is 0.432 e. The van der Waals surface area contributed by atoms with Crippen LogP contribution in [0.5, 0.6) is 0 Å². The van der Waals surface area contributed by atoms with Crippen molar-refractivity contribution < 1.29 is 23.5 Å². The largest absolute Gasteiger partial charge is 0.463 e. The summed E-state index contributed by atoms with van der Waals surface area (Å²) in [6.45, 7) is 3.66. The Balaban J connectivity index is 1.46. The van der Waals surface area contributed by atoms with Crippen LogP contribution >= 0.6 is 0 Å². The lowest BCUT2D eigenvalue weighted by Crippen LogP contribution is -2.44. The van der Waals surface area contributed by atoms with Crippen molar-refractivity contribution in [3.63, 3.8) is 0 Å². The molecule has 0 radical (unpaired) electrons. The van der Waals surface area contributed by atoms with E-state index in [4.69, 9.17) is 5.73 Å². The predicted molar refractivity (Wildman–Crippen MR) is 135 cm³/mol. The minimum Gasteiger partial charge on any atom is -0.463 e. The van der Waals surface area contributed by atoms with E-state index < -0.39 is 29.2 Å². The van der Waals surface area contributed by atoms with Gasteiger partial charge in [0, 0.05) is 48.5 Å². The van der Waals surface area contributed by atoms with Crippen LogP contribution in [0, 0.1) is 11.6 Å². The van der Waals surface area contributed by atoms with E-state index >= 15 is 0 Å². The lowest BCUT2D eigenvalue weighted by atomic mass is 10.1. The normalized spacial score (nSPS) is 14.2. The van der Waals surface area contributed by atoms with Crippen molar-refractivity contribution in [3.8, 4) is 11.3 Å². The van der Waals surface area contributed by atoms with Crippen molar-refractivity contribution in [2.75, 3.05) is 49.2 Å². The molecule has 1 fully saturated rings. The first kappa shape index (κ1) is 24.1. The lowest BCUT2D eigenvalue weighted by Gasteiger charge is -2.34. The van der Waals surface area contributed by atoms with E-state index in [0.29, 0.717) is 10.2 Å². The van der Waals surface area contributed by atoms with Crippen LogP contribution in [-0.4, -0.2) is 70.0 Å². The fourth-order valence-electron chi connectivity index (χ4n) is 4.29. The Morgan fingerprint density at radius 3 is 2.30 bits per heavy atom. The minimum atomic E-state index is -1.42. The number of carbonyl (C=O) groups excluding carboxylic acids is 1. The molecule has 1 amide bonds. The maximum Gasteiger partial charge on any atom is 0.432 e. The van der Waals surface area contributed by atoms with E-state index in [-0.39, 0.29) is 28.1 Å². The van der Waals surface area contributed by atoms with Crippen LogP contribution in [0.3, 0.4) is 0 Å². The molecule has 0 aliphatic carbocycles. The summed E-state index contributed by atoms with van der Waals surface area (Å²) in [4.78, 5) is 33.2. The number of amides is 1. The summed E-state index contributed by atoms with van der Waals surface area (Å²) in [5.74, 6) is -2.47. The average Bonchev–Trinajstić information content (AvgIpc) is 3.22. The molecule has 4 aromatic rings. The summed E-state index contributed by atoms with van der Waals surface area (Å²) >= 11 is 0. The van der Waals surface area contributed by atoms with Crippen molar-refractivity contribution in [1.29, 1.82) is 0 Å². The Bertz CT molecular complexity index is 1490. The number of benzene rings is 2. The molecule has 0 atom stereocenters. The van der Waals surface area contributed by atoms with Gasteiger partial charge in [-0.25, -0.2) is 13.6 Å². The summed E-state index contributed by atoms with van der Waals surface area (Å²) in [5, 5.41) is 16.3. The van der Waals surface area contributed by atoms with Crippen LogP contribution in [0.2, 0.25) is 0 Å². The first-order valence-electron chi connectivity index (χ1n) is 11.4. The van der Waals surface area contributed by atoms with E-state index in [1.54, 1.807) is 12.1 Å². The molecule has 0 spiro atoms. The third-order valence-electron chi connectivity index (χ3n) is 6.30. The van der Waals surface area contributed by atoms with Crippen molar-refractivity contribution in [1.82, 2.24) is 19.7 Å². The van der Waals surface area contributed by atoms with Gasteiger partial charge in [-0.2, -0.15) is 4.68 Å². The number of carboxylic acid groups (broad SMARTS) is 1. The summed E-state index contributed by atoms with van der Waals surface area (Å²) in [6.07, 6.45) is -0.289. The molecular weight excluding hydrogens is 484 g/mol. The van der Waals surface area contributed by atoms with Gasteiger partial charge in [-0.15, -0.1) is 5.10 Å². The second-order valence-electron chi connectivity index (χ2n) is 8.78. The molecule has 190 valence electrons. The van der Waals surface area contributed by atoms with Crippen molar-refractivity contribution in [3.05, 3.63) is 65.9 Å². The Labute approximate surface area is 209 Å². The highest BCUT2D eigenvalue weighted by atomic mass is 19.1. The van der Waals surface area contributed by atoms with E-state index in [1.165, 1.54) is 6.07 Å². The number of hydrogen-bond acceptors (Lipinski definition) is 7. The molecule has 1 aliphatic heterocycles. The number of piperazine rings is 1. The molecular formula is C25H23F2N7O3. The molecule has 2 aromatic carbocycles. The first-order valence-corrected chi connectivity index (χ1v) is 11.4. The average molecular weight is 508 g/mol. The third kappa shape index (κ3) is 4.66. The molecule has 1 saturated heterocycles. The highest BCUT2D eigenvalue weighted by Gasteiger charge is 2.22. The number of carbonyl (C=O) groups is 2. The number of hydrogen-bond donors (Lipinski definition) is 3. The van der Waals surface area contributed by atoms with Gasteiger partial charge in [0.2, 0.25) is 0 Å². The zero-order valence-corrected chi connectivity index (χ0v) is 19.8. The molecule has 37 heavy (non-hydrogen) atoms. The molecule has 0 saturated carbocycles. The molecule has 10 nitrogen and oxygen atoms in total. The monoisotopic (exact) mass is 507 g/mol. The SMILES string of the molecule is CN1CCN(c2ccc(C(=O)Nc3nn(C(=O)O)c4cnc(-c5c(F)cc(N)cc5F)cc34)cc2)CC1. The summed E-state index contributed by atoms with van der Waals surface area (Å²) in [7, 11) is 2.07. The molecule has 5 rings (SSSR count). The zero-order valence-electron chi connectivity index (χ0n) is 19.8. The number of nitrogen functional groups attached to an aromatic ring is 1. The maximum absolute atomic E-state index is 14.5. The summed E-state index contributed by atoms with van der Waals surface area (Å²) in [5.41, 5.74) is 6.22. The molecule has 1 aliphatic rings. The van der Waals surface area contributed by atoms with Crippen molar-refractivity contribution >= 4 is 40.1 Å². The molecule has 0 bridgehead atoms. The Morgan fingerprint density at radius 1 is 1.03 bits per heavy atom. The van der Waals surface area contributed by atoms with Gasteiger partial charge < -0.3 is 26.0 Å². The molecule has 2 aromatic heterocycles. The number of nitrogens with zero attached hydrogens (tertiary/aromatic N) is 5. The standard InChI is InChI=1S/C25H23F2N7O3/c1-32-6-8-33(9-7-32)16-4-2-14(3-5-16)24(35)30-23-17-12-20(22-18(26)10-15(28)11-19(22)27)29-13-21(17)34(31-23)25(36)37/h2-5,10-13H,6-9,28H2,1H3,(H,36,37)(H,30,31,35). The summed E-state index contributed by atoms with van der Waals surface area (Å²) < 4.78 is 29.6. The molecule has 0 unspecified atom stereocenters. The number of likely N-dealkylation sites (N-methyl/N-ethyl adjacent to an activating group) is 1. The second-order valence-corrected chi connectivity index (χ2v) is 8.78. The number of pyridine rings is 1. The Morgan fingerprint density at radius 2 is 1.68 bits per heavy atom. The highest BCUT2D eigenvalue weighted by Crippen LogP contribution is 2.31. The minimum absolute atomic E-state index is 0.0354. The molecule has 3 heterocycles. The van der Waals surface area contributed by atoms with Crippen LogP contribution in [0.4, 0.5) is 30.8 Å². The number of fused-ring (bicyclic) bond motifs is 1.